The van der Waals surface area contributed by atoms with Gasteiger partial charge in [0.05, 0.1) is 22.5 Å². The van der Waals surface area contributed by atoms with E-state index >= 15 is 0 Å². The Kier molecular flexibility index (Phi) is 4.65. The van der Waals surface area contributed by atoms with Crippen LogP contribution in [0.2, 0.25) is 0 Å². The molecule has 1 N–H and O–H groups in total. The summed E-state index contributed by atoms with van der Waals surface area (Å²) in [5, 5.41) is 7.67. The van der Waals surface area contributed by atoms with Crippen molar-refractivity contribution in [2.24, 2.45) is 0 Å². The van der Waals surface area contributed by atoms with Gasteiger partial charge >= 0.3 is 0 Å². The number of nitrogens with one attached hydrogen (secondary N) is 1. The van der Waals surface area contributed by atoms with Gasteiger partial charge < -0.3 is 10.1 Å². The number of carbonyl (C=O) groups is 1. The summed E-state index contributed by atoms with van der Waals surface area (Å²) in [6.45, 7) is 4.19. The number of rotatable bonds is 6. The number of aromatic nitrogens is 3. The Morgan fingerprint density at radius 1 is 1.37 bits per heavy atom. The lowest BCUT2D eigenvalue weighted by molar-refractivity contribution is -0.119. The van der Waals surface area contributed by atoms with Gasteiger partial charge in [0.25, 0.3) is 11.5 Å². The first-order valence-electron chi connectivity index (χ1n) is 8.99. The summed E-state index contributed by atoms with van der Waals surface area (Å²) >= 11 is 1.37. The topological polar surface area (TPSA) is 86.1 Å². The molecular formula is C19H20N4O3S. The Labute approximate surface area is 160 Å². The van der Waals surface area contributed by atoms with Gasteiger partial charge in [0.2, 0.25) is 0 Å². The van der Waals surface area contributed by atoms with Crippen LogP contribution in [-0.2, 0) is 4.79 Å². The predicted octanol–water partition coefficient (Wildman–Crippen LogP) is 3.33. The zero-order chi connectivity index (χ0) is 19.0. The van der Waals surface area contributed by atoms with Crippen molar-refractivity contribution in [1.29, 1.82) is 0 Å². The second-order valence-electron chi connectivity index (χ2n) is 6.56. The second kappa shape index (κ2) is 7.11. The summed E-state index contributed by atoms with van der Waals surface area (Å²) < 4.78 is 7.67. The number of thiazole rings is 1. The third-order valence-electron chi connectivity index (χ3n) is 4.49. The summed E-state index contributed by atoms with van der Waals surface area (Å²) in [5.74, 6) is 0.866. The van der Waals surface area contributed by atoms with Gasteiger partial charge in [-0.15, -0.1) is 0 Å². The molecule has 4 rings (SSSR count). The number of fused-ring (bicyclic) bond motifs is 1. The van der Waals surface area contributed by atoms with Crippen LogP contribution in [0.1, 0.15) is 44.3 Å². The molecule has 2 heterocycles. The second-order valence-corrected chi connectivity index (χ2v) is 7.59. The van der Waals surface area contributed by atoms with Crippen LogP contribution in [0, 0.1) is 0 Å². The number of amides is 1. The van der Waals surface area contributed by atoms with Crippen molar-refractivity contribution in [3.05, 3.63) is 46.4 Å². The van der Waals surface area contributed by atoms with E-state index in [1.807, 2.05) is 25.1 Å². The molecule has 27 heavy (non-hydrogen) atoms. The lowest BCUT2D eigenvalue weighted by Crippen LogP contribution is -2.33. The van der Waals surface area contributed by atoms with E-state index in [1.165, 1.54) is 22.1 Å². The van der Waals surface area contributed by atoms with E-state index < -0.39 is 6.04 Å². The normalized spacial score (nSPS) is 14.9. The molecule has 1 aromatic carbocycles. The SMILES string of the molecule is CCOc1ccc2nc(NC(=O)C(C)n3nc(C4CC4)ccc3=O)sc2c1. The maximum Gasteiger partial charge on any atom is 0.267 e. The molecule has 7 nitrogen and oxygen atoms in total. The monoisotopic (exact) mass is 384 g/mol. The number of hydrogen-bond donors (Lipinski definition) is 1. The first kappa shape index (κ1) is 17.7. The molecule has 1 saturated carbocycles. The van der Waals surface area contributed by atoms with Crippen LogP contribution < -0.4 is 15.6 Å². The predicted molar refractivity (Wildman–Crippen MR) is 105 cm³/mol. The number of nitrogens with zero attached hydrogens (tertiary/aromatic N) is 3. The van der Waals surface area contributed by atoms with Gasteiger partial charge in [-0.25, -0.2) is 9.67 Å². The highest BCUT2D eigenvalue weighted by molar-refractivity contribution is 7.22. The van der Waals surface area contributed by atoms with E-state index in [2.05, 4.69) is 15.4 Å². The highest BCUT2D eigenvalue weighted by Crippen LogP contribution is 2.38. The molecule has 1 fully saturated rings. The minimum Gasteiger partial charge on any atom is -0.494 e. The summed E-state index contributed by atoms with van der Waals surface area (Å²) in [7, 11) is 0. The standard InChI is InChI=1S/C19H20N4O3S/c1-3-26-13-6-7-15-16(10-13)27-19(20-15)21-18(25)11(2)23-17(24)9-8-14(22-23)12-4-5-12/h6-12H,3-5H2,1-2H3,(H,20,21,25). The van der Waals surface area contributed by atoms with Gasteiger partial charge in [-0.3, -0.25) is 9.59 Å². The largest absolute Gasteiger partial charge is 0.494 e. The fourth-order valence-electron chi connectivity index (χ4n) is 2.85. The zero-order valence-electron chi connectivity index (χ0n) is 15.1. The van der Waals surface area contributed by atoms with Gasteiger partial charge in [0.1, 0.15) is 11.8 Å². The van der Waals surface area contributed by atoms with Crippen molar-refractivity contribution in [2.75, 3.05) is 11.9 Å². The lowest BCUT2D eigenvalue weighted by Gasteiger charge is -2.13. The van der Waals surface area contributed by atoms with Crippen LogP contribution in [0.25, 0.3) is 10.2 Å². The Morgan fingerprint density at radius 3 is 2.93 bits per heavy atom. The van der Waals surface area contributed by atoms with Crippen molar-refractivity contribution < 1.29 is 9.53 Å². The lowest BCUT2D eigenvalue weighted by atomic mass is 10.2. The molecule has 1 aliphatic carbocycles. The van der Waals surface area contributed by atoms with Crippen LogP contribution in [0.4, 0.5) is 5.13 Å². The molecule has 0 aliphatic heterocycles. The molecule has 0 radical (unpaired) electrons. The molecule has 1 amide bonds. The Bertz CT molecular complexity index is 1050. The highest BCUT2D eigenvalue weighted by Gasteiger charge is 2.27. The third-order valence-corrected chi connectivity index (χ3v) is 5.42. The smallest absolute Gasteiger partial charge is 0.267 e. The maximum atomic E-state index is 12.6. The van der Waals surface area contributed by atoms with Crippen LogP contribution in [0.15, 0.2) is 35.1 Å². The van der Waals surface area contributed by atoms with E-state index in [4.69, 9.17) is 4.74 Å². The number of anilines is 1. The fraction of sp³-hybridized carbons (Fsp3) is 0.368. The number of hydrogen-bond acceptors (Lipinski definition) is 6. The average Bonchev–Trinajstić information content (AvgIpc) is 3.42. The molecule has 1 aliphatic rings. The summed E-state index contributed by atoms with van der Waals surface area (Å²) in [6.07, 6.45) is 2.17. The molecule has 3 aromatic rings. The molecule has 0 spiro atoms. The fourth-order valence-corrected chi connectivity index (χ4v) is 3.75. The van der Waals surface area contributed by atoms with E-state index in [1.54, 1.807) is 13.0 Å². The zero-order valence-corrected chi connectivity index (χ0v) is 16.0. The summed E-state index contributed by atoms with van der Waals surface area (Å²) in [4.78, 5) is 29.2. The maximum absolute atomic E-state index is 12.6. The molecule has 1 atom stereocenters. The van der Waals surface area contributed by atoms with E-state index in [0.717, 1.165) is 34.5 Å². The van der Waals surface area contributed by atoms with Crippen molar-refractivity contribution >= 4 is 32.6 Å². The molecule has 0 bridgehead atoms. The first-order chi connectivity index (χ1) is 13.0. The van der Waals surface area contributed by atoms with Crippen molar-refractivity contribution in [3.8, 4) is 5.75 Å². The summed E-state index contributed by atoms with van der Waals surface area (Å²) in [5.41, 5.74) is 1.38. The van der Waals surface area contributed by atoms with Gasteiger partial charge in [0.15, 0.2) is 5.13 Å². The minimum absolute atomic E-state index is 0.285. The van der Waals surface area contributed by atoms with E-state index in [0.29, 0.717) is 17.7 Å². The molecule has 140 valence electrons. The Hall–Kier alpha value is -2.74. The number of carbonyl (C=O) groups excluding carboxylic acids is 1. The highest BCUT2D eigenvalue weighted by atomic mass is 32.1. The van der Waals surface area contributed by atoms with Crippen LogP contribution in [0.5, 0.6) is 5.75 Å². The summed E-state index contributed by atoms with van der Waals surface area (Å²) in [6, 6.07) is 8.14. The molecule has 8 heteroatoms. The van der Waals surface area contributed by atoms with Crippen LogP contribution in [-0.4, -0.2) is 27.3 Å². The quantitative estimate of drug-likeness (QED) is 0.704. The molecular weight excluding hydrogens is 364 g/mol. The minimum atomic E-state index is -0.720. The van der Waals surface area contributed by atoms with E-state index in [9.17, 15) is 9.59 Å². The molecule has 2 aromatic heterocycles. The molecule has 1 unspecified atom stereocenters. The van der Waals surface area contributed by atoms with Crippen molar-refractivity contribution in [3.63, 3.8) is 0 Å². The van der Waals surface area contributed by atoms with Crippen LogP contribution >= 0.6 is 11.3 Å². The van der Waals surface area contributed by atoms with Gasteiger partial charge in [0, 0.05) is 12.0 Å². The van der Waals surface area contributed by atoms with E-state index in [-0.39, 0.29) is 11.5 Å². The molecule has 0 saturated heterocycles. The average molecular weight is 384 g/mol. The first-order valence-corrected chi connectivity index (χ1v) is 9.81. The van der Waals surface area contributed by atoms with Crippen molar-refractivity contribution in [1.82, 2.24) is 14.8 Å². The Balaban J connectivity index is 1.54. The Morgan fingerprint density at radius 2 is 2.19 bits per heavy atom. The van der Waals surface area contributed by atoms with Crippen molar-refractivity contribution in [2.45, 2.75) is 38.6 Å². The van der Waals surface area contributed by atoms with Gasteiger partial charge in [-0.1, -0.05) is 11.3 Å². The number of benzene rings is 1. The van der Waals surface area contributed by atoms with Gasteiger partial charge in [-0.2, -0.15) is 5.10 Å². The van der Waals surface area contributed by atoms with Gasteiger partial charge in [-0.05, 0) is 51.0 Å². The number of ether oxygens (including phenoxy) is 1. The van der Waals surface area contributed by atoms with Crippen LogP contribution in [0.3, 0.4) is 0 Å². The third kappa shape index (κ3) is 3.71.